The number of rotatable bonds is 3. The number of aryl methyl sites for hydroxylation is 1. The van der Waals surface area contributed by atoms with Crippen LogP contribution in [0.15, 0.2) is 34.8 Å². The molecule has 0 radical (unpaired) electrons. The first kappa shape index (κ1) is 16.1. The normalized spacial score (nSPS) is 10.8. The Morgan fingerprint density at radius 2 is 2.12 bits per heavy atom. The van der Waals surface area contributed by atoms with Crippen molar-refractivity contribution in [2.45, 2.75) is 6.92 Å². The molecule has 0 fully saturated rings. The van der Waals surface area contributed by atoms with Gasteiger partial charge in [-0.2, -0.15) is 5.10 Å². The highest BCUT2D eigenvalue weighted by molar-refractivity contribution is 9.10. The van der Waals surface area contributed by atoms with Crippen molar-refractivity contribution in [2.24, 2.45) is 0 Å². The van der Waals surface area contributed by atoms with E-state index in [1.807, 2.05) is 0 Å². The maximum Gasteiger partial charge on any atom is 0.356 e. The second-order valence-corrected chi connectivity index (χ2v) is 5.75. The summed E-state index contributed by atoms with van der Waals surface area (Å²) in [6, 6.07) is 7.54. The van der Waals surface area contributed by atoms with Gasteiger partial charge in [0.25, 0.3) is 5.69 Å². The number of non-ortho nitro benzene ring substituents is 1. The summed E-state index contributed by atoms with van der Waals surface area (Å²) in [6.45, 7) is 1.77. The van der Waals surface area contributed by atoms with Gasteiger partial charge in [0.15, 0.2) is 11.3 Å². The van der Waals surface area contributed by atoms with Crippen molar-refractivity contribution < 1.29 is 14.5 Å². The van der Waals surface area contributed by atoms with Crippen molar-refractivity contribution in [2.75, 3.05) is 7.11 Å². The fourth-order valence-corrected chi connectivity index (χ4v) is 2.61. The van der Waals surface area contributed by atoms with E-state index in [4.69, 9.17) is 4.74 Å². The molecule has 2 aromatic heterocycles. The van der Waals surface area contributed by atoms with E-state index in [0.717, 1.165) is 0 Å². The number of aromatic nitrogens is 3. The highest BCUT2D eigenvalue weighted by Gasteiger charge is 2.19. The van der Waals surface area contributed by atoms with Crippen LogP contribution in [0.25, 0.3) is 16.9 Å². The summed E-state index contributed by atoms with van der Waals surface area (Å²) in [5.74, 6) is -0.580. The molecule has 0 aliphatic heterocycles. The molecule has 0 N–H and O–H groups in total. The molecule has 0 amide bonds. The van der Waals surface area contributed by atoms with E-state index in [-0.39, 0.29) is 11.4 Å². The fraction of sp³-hybridized carbons (Fsp3) is 0.133. The Labute approximate surface area is 144 Å². The summed E-state index contributed by atoms with van der Waals surface area (Å²) in [5.41, 5.74) is 2.13. The number of ether oxygens (including phenoxy) is 1. The number of nitro groups is 1. The summed E-state index contributed by atoms with van der Waals surface area (Å²) >= 11 is 3.39. The lowest BCUT2D eigenvalue weighted by molar-refractivity contribution is -0.384. The summed E-state index contributed by atoms with van der Waals surface area (Å²) in [5, 5.41) is 15.2. The van der Waals surface area contributed by atoms with Crippen LogP contribution in [0.3, 0.4) is 0 Å². The summed E-state index contributed by atoms with van der Waals surface area (Å²) in [4.78, 5) is 27.0. The first-order valence-corrected chi connectivity index (χ1v) is 7.60. The summed E-state index contributed by atoms with van der Waals surface area (Å²) in [6.07, 6.45) is 0. The summed E-state index contributed by atoms with van der Waals surface area (Å²) in [7, 11) is 1.27. The molecule has 2 heterocycles. The van der Waals surface area contributed by atoms with Gasteiger partial charge in [-0.05, 0) is 28.9 Å². The topological polar surface area (TPSA) is 99.6 Å². The van der Waals surface area contributed by atoms with Gasteiger partial charge in [0, 0.05) is 17.7 Å². The van der Waals surface area contributed by atoms with Gasteiger partial charge < -0.3 is 4.74 Å². The van der Waals surface area contributed by atoms with Crippen molar-refractivity contribution >= 4 is 33.2 Å². The van der Waals surface area contributed by atoms with Gasteiger partial charge in [0.05, 0.1) is 27.9 Å². The molecule has 9 heteroatoms. The van der Waals surface area contributed by atoms with E-state index in [0.29, 0.717) is 27.1 Å². The van der Waals surface area contributed by atoms with E-state index in [1.54, 1.807) is 19.1 Å². The third-order valence-electron chi connectivity index (χ3n) is 3.44. The van der Waals surface area contributed by atoms with Gasteiger partial charge in [-0.1, -0.05) is 12.1 Å². The Morgan fingerprint density at radius 3 is 2.79 bits per heavy atom. The minimum Gasteiger partial charge on any atom is -0.464 e. The Balaban J connectivity index is 2.29. The Bertz CT molecular complexity index is 983. The standard InChI is InChI=1S/C15H11BrN4O4/c1-8-13(16)14-17-11(7-12(15(21)24-2)19(14)18-8)9-4-3-5-10(6-9)20(22)23/h3-7H,1-2H3. The Morgan fingerprint density at radius 1 is 1.38 bits per heavy atom. The molecule has 0 aliphatic rings. The molecule has 8 nitrogen and oxygen atoms in total. The average Bonchev–Trinajstić information content (AvgIpc) is 2.88. The van der Waals surface area contributed by atoms with Crippen LogP contribution < -0.4 is 0 Å². The number of carbonyl (C=O) groups is 1. The second kappa shape index (κ2) is 6.00. The van der Waals surface area contributed by atoms with Crippen molar-refractivity contribution in [3.05, 3.63) is 56.3 Å². The number of fused-ring (bicyclic) bond motifs is 1. The quantitative estimate of drug-likeness (QED) is 0.386. The van der Waals surface area contributed by atoms with Crippen LogP contribution in [-0.2, 0) is 4.74 Å². The van der Waals surface area contributed by atoms with Crippen molar-refractivity contribution in [3.63, 3.8) is 0 Å². The SMILES string of the molecule is COC(=O)c1cc(-c2cccc([N+](=O)[O-])c2)nc2c(Br)c(C)nn12. The zero-order valence-corrected chi connectivity index (χ0v) is 14.3. The number of hydrogen-bond donors (Lipinski definition) is 0. The van der Waals surface area contributed by atoms with Crippen LogP contribution in [-0.4, -0.2) is 32.6 Å². The maximum absolute atomic E-state index is 12.1. The molecule has 0 bridgehead atoms. The van der Waals surface area contributed by atoms with Crippen LogP contribution >= 0.6 is 15.9 Å². The third kappa shape index (κ3) is 2.62. The fourth-order valence-electron chi connectivity index (χ4n) is 2.27. The van der Waals surface area contributed by atoms with E-state index >= 15 is 0 Å². The van der Waals surface area contributed by atoms with Gasteiger partial charge in [-0.3, -0.25) is 10.1 Å². The number of benzene rings is 1. The highest BCUT2D eigenvalue weighted by Crippen LogP contribution is 2.28. The lowest BCUT2D eigenvalue weighted by Gasteiger charge is -2.07. The molecule has 0 saturated heterocycles. The van der Waals surface area contributed by atoms with Crippen LogP contribution in [0.4, 0.5) is 5.69 Å². The lowest BCUT2D eigenvalue weighted by atomic mass is 10.1. The molecule has 1 aromatic carbocycles. The molecule has 0 unspecified atom stereocenters. The van der Waals surface area contributed by atoms with E-state index in [2.05, 4.69) is 26.0 Å². The zero-order valence-electron chi connectivity index (χ0n) is 12.7. The minimum atomic E-state index is -0.580. The van der Waals surface area contributed by atoms with Gasteiger partial charge in [-0.15, -0.1) is 0 Å². The monoisotopic (exact) mass is 390 g/mol. The van der Waals surface area contributed by atoms with Gasteiger partial charge in [0.2, 0.25) is 0 Å². The molecule has 122 valence electrons. The minimum absolute atomic E-state index is 0.0578. The van der Waals surface area contributed by atoms with Crippen LogP contribution in [0.2, 0.25) is 0 Å². The van der Waals surface area contributed by atoms with Crippen LogP contribution in [0.1, 0.15) is 16.2 Å². The zero-order chi connectivity index (χ0) is 17.4. The molecule has 3 rings (SSSR count). The van der Waals surface area contributed by atoms with Crippen molar-refractivity contribution in [1.29, 1.82) is 0 Å². The molecule has 0 saturated carbocycles. The molecule has 0 spiro atoms. The number of esters is 1. The molecule has 0 atom stereocenters. The van der Waals surface area contributed by atoms with Gasteiger partial charge in [-0.25, -0.2) is 14.3 Å². The maximum atomic E-state index is 12.1. The molecule has 24 heavy (non-hydrogen) atoms. The number of carbonyl (C=O) groups excluding carboxylic acids is 1. The molecular formula is C15H11BrN4O4. The largest absolute Gasteiger partial charge is 0.464 e. The number of hydrogen-bond acceptors (Lipinski definition) is 6. The van der Waals surface area contributed by atoms with Crippen molar-refractivity contribution in [1.82, 2.24) is 14.6 Å². The third-order valence-corrected chi connectivity index (χ3v) is 4.37. The number of nitro benzene ring substituents is 1. The number of nitrogens with zero attached hydrogens (tertiary/aromatic N) is 4. The van der Waals surface area contributed by atoms with Crippen molar-refractivity contribution in [3.8, 4) is 11.3 Å². The Kier molecular flexibility index (Phi) is 4.02. The van der Waals surface area contributed by atoms with E-state index in [9.17, 15) is 14.9 Å². The smallest absolute Gasteiger partial charge is 0.356 e. The molecular weight excluding hydrogens is 380 g/mol. The Hall–Kier alpha value is -2.81. The first-order valence-electron chi connectivity index (χ1n) is 6.81. The van der Waals surface area contributed by atoms with E-state index < -0.39 is 10.9 Å². The highest BCUT2D eigenvalue weighted by atomic mass is 79.9. The van der Waals surface area contributed by atoms with Gasteiger partial charge in [0.1, 0.15) is 0 Å². The number of methoxy groups -OCH3 is 1. The second-order valence-electron chi connectivity index (χ2n) is 4.96. The van der Waals surface area contributed by atoms with Crippen LogP contribution in [0, 0.1) is 17.0 Å². The molecule has 3 aromatic rings. The summed E-state index contributed by atoms with van der Waals surface area (Å²) < 4.78 is 6.82. The van der Waals surface area contributed by atoms with Gasteiger partial charge >= 0.3 is 5.97 Å². The van der Waals surface area contributed by atoms with E-state index in [1.165, 1.54) is 29.8 Å². The predicted molar refractivity (Wildman–Crippen MR) is 88.9 cm³/mol. The first-order chi connectivity index (χ1) is 11.4. The average molecular weight is 391 g/mol. The lowest BCUT2D eigenvalue weighted by Crippen LogP contribution is -2.10. The van der Waals surface area contributed by atoms with Crippen LogP contribution in [0.5, 0.6) is 0 Å². The predicted octanol–water partition coefficient (Wildman–Crippen LogP) is 3.16. The number of halogens is 1. The molecule has 0 aliphatic carbocycles.